The van der Waals surface area contributed by atoms with E-state index >= 15 is 0 Å². The van der Waals surface area contributed by atoms with Gasteiger partial charge in [0.25, 0.3) is 0 Å². The van der Waals surface area contributed by atoms with E-state index in [9.17, 15) is 0 Å². The molecule has 0 spiro atoms. The Bertz CT molecular complexity index is 125. The fraction of sp³-hybridized carbons (Fsp3) is 1.00. The van der Waals surface area contributed by atoms with E-state index in [0.29, 0.717) is 0 Å². The summed E-state index contributed by atoms with van der Waals surface area (Å²) in [7, 11) is 4.28. The molecule has 0 aromatic carbocycles. The van der Waals surface area contributed by atoms with E-state index in [1.165, 1.54) is 44.9 Å². The van der Waals surface area contributed by atoms with Crippen molar-refractivity contribution in [3.63, 3.8) is 0 Å². The van der Waals surface area contributed by atoms with Crippen LogP contribution in [0.15, 0.2) is 0 Å². The normalized spacial score (nSPS) is 30.0. The van der Waals surface area contributed by atoms with Gasteiger partial charge in [-0.3, -0.25) is 0 Å². The molecule has 0 N–H and O–H groups in total. The van der Waals surface area contributed by atoms with Gasteiger partial charge in [-0.05, 0) is 19.3 Å². The Morgan fingerprint density at radius 2 is 2.00 bits per heavy atom. The number of hydrogen-bond donors (Lipinski definition) is 0. The van der Waals surface area contributed by atoms with Crippen molar-refractivity contribution in [2.45, 2.75) is 69.3 Å². The van der Waals surface area contributed by atoms with Gasteiger partial charge < -0.3 is 0 Å². The Labute approximate surface area is 91.0 Å². The molecule has 1 saturated heterocycles. The van der Waals surface area contributed by atoms with Crippen LogP contribution in [0, 0.1) is 0 Å². The molecule has 2 unspecified atom stereocenters. The molecule has 1 rings (SSSR count). The molecule has 0 aliphatic carbocycles. The molecule has 13 heavy (non-hydrogen) atoms. The van der Waals surface area contributed by atoms with Crippen LogP contribution in [-0.4, -0.2) is 10.5 Å². The van der Waals surface area contributed by atoms with Crippen LogP contribution < -0.4 is 0 Å². The van der Waals surface area contributed by atoms with Crippen LogP contribution >= 0.6 is 21.6 Å². The summed E-state index contributed by atoms with van der Waals surface area (Å²) in [6.07, 6.45) is 10.0. The second-order valence-electron chi connectivity index (χ2n) is 4.05. The van der Waals surface area contributed by atoms with Crippen molar-refractivity contribution in [1.82, 2.24) is 0 Å². The highest BCUT2D eigenvalue weighted by atomic mass is 33.1. The zero-order valence-electron chi connectivity index (χ0n) is 8.92. The van der Waals surface area contributed by atoms with Gasteiger partial charge in [-0.15, -0.1) is 0 Å². The average Bonchev–Trinajstić information content (AvgIpc) is 2.32. The third-order valence-corrected chi connectivity index (χ3v) is 6.18. The fourth-order valence-corrected chi connectivity index (χ4v) is 4.76. The van der Waals surface area contributed by atoms with Gasteiger partial charge in [0.15, 0.2) is 0 Å². The lowest BCUT2D eigenvalue weighted by atomic mass is 10.1. The lowest BCUT2D eigenvalue weighted by Crippen LogP contribution is -1.99. The first-order valence-corrected chi connectivity index (χ1v) is 7.92. The van der Waals surface area contributed by atoms with E-state index in [2.05, 4.69) is 35.4 Å². The molecule has 1 heterocycles. The first-order valence-electron chi connectivity index (χ1n) is 5.65. The van der Waals surface area contributed by atoms with Gasteiger partial charge in [-0.25, -0.2) is 0 Å². The summed E-state index contributed by atoms with van der Waals surface area (Å²) in [6, 6.07) is 0. The maximum Gasteiger partial charge on any atom is 0.0151 e. The summed E-state index contributed by atoms with van der Waals surface area (Å²) >= 11 is 0. The van der Waals surface area contributed by atoms with E-state index < -0.39 is 0 Å². The largest absolute Gasteiger partial charge is 0.0907 e. The monoisotopic (exact) mass is 218 g/mol. The van der Waals surface area contributed by atoms with Crippen LogP contribution in [0.3, 0.4) is 0 Å². The second kappa shape index (κ2) is 7.05. The second-order valence-corrected chi connectivity index (χ2v) is 7.06. The summed E-state index contributed by atoms with van der Waals surface area (Å²) in [4.78, 5) is 0. The zero-order valence-corrected chi connectivity index (χ0v) is 10.6. The highest BCUT2D eigenvalue weighted by Gasteiger charge is 2.16. The highest BCUT2D eigenvalue weighted by molar-refractivity contribution is 8.77. The smallest absolute Gasteiger partial charge is 0.0151 e. The third kappa shape index (κ3) is 5.21. The molecule has 0 nitrogen and oxygen atoms in total. The Kier molecular flexibility index (Phi) is 6.39. The van der Waals surface area contributed by atoms with E-state index in [1.807, 2.05) is 0 Å². The van der Waals surface area contributed by atoms with Gasteiger partial charge in [-0.2, -0.15) is 0 Å². The Morgan fingerprint density at radius 1 is 1.15 bits per heavy atom. The Balaban J connectivity index is 2.11. The van der Waals surface area contributed by atoms with Crippen LogP contribution in [-0.2, 0) is 0 Å². The quantitative estimate of drug-likeness (QED) is 0.487. The van der Waals surface area contributed by atoms with E-state index in [4.69, 9.17) is 0 Å². The Hall–Kier alpha value is 0.700. The molecular formula is C11H22S2. The van der Waals surface area contributed by atoms with Gasteiger partial charge in [0.2, 0.25) is 0 Å². The summed E-state index contributed by atoms with van der Waals surface area (Å²) in [5, 5.41) is 1.85. The first-order chi connectivity index (χ1) is 6.33. The SMILES string of the molecule is CCCCCC1CCCC(C)SS1. The van der Waals surface area contributed by atoms with Gasteiger partial charge in [0.05, 0.1) is 0 Å². The topological polar surface area (TPSA) is 0 Å². The molecule has 0 bridgehead atoms. The molecule has 2 heteroatoms. The molecule has 1 aliphatic heterocycles. The number of rotatable bonds is 4. The Morgan fingerprint density at radius 3 is 2.77 bits per heavy atom. The maximum atomic E-state index is 2.37. The first kappa shape index (κ1) is 11.8. The van der Waals surface area contributed by atoms with Crippen LogP contribution in [0.1, 0.15) is 58.8 Å². The molecule has 1 fully saturated rings. The minimum Gasteiger partial charge on any atom is -0.0907 e. The molecule has 0 saturated carbocycles. The van der Waals surface area contributed by atoms with Gasteiger partial charge in [0, 0.05) is 10.5 Å². The lowest BCUT2D eigenvalue weighted by Gasteiger charge is -2.12. The van der Waals surface area contributed by atoms with Crippen LogP contribution in [0.5, 0.6) is 0 Å². The van der Waals surface area contributed by atoms with Crippen molar-refractivity contribution in [2.24, 2.45) is 0 Å². The van der Waals surface area contributed by atoms with Crippen molar-refractivity contribution in [3.8, 4) is 0 Å². The minimum absolute atomic E-state index is 0.890. The summed E-state index contributed by atoms with van der Waals surface area (Å²) in [5.41, 5.74) is 0. The molecule has 0 aromatic heterocycles. The predicted octanol–water partition coefficient (Wildman–Crippen LogP) is 4.89. The van der Waals surface area contributed by atoms with E-state index in [-0.39, 0.29) is 0 Å². The van der Waals surface area contributed by atoms with Crippen molar-refractivity contribution in [2.75, 3.05) is 0 Å². The molecule has 2 atom stereocenters. The predicted molar refractivity (Wildman–Crippen MR) is 66.4 cm³/mol. The van der Waals surface area contributed by atoms with Crippen molar-refractivity contribution in [3.05, 3.63) is 0 Å². The van der Waals surface area contributed by atoms with E-state index in [0.717, 1.165) is 10.5 Å². The lowest BCUT2D eigenvalue weighted by molar-refractivity contribution is 0.592. The van der Waals surface area contributed by atoms with Gasteiger partial charge in [0.1, 0.15) is 0 Å². The molecule has 78 valence electrons. The minimum atomic E-state index is 0.890. The number of unbranched alkanes of at least 4 members (excludes halogenated alkanes) is 2. The van der Waals surface area contributed by atoms with Crippen LogP contribution in [0.25, 0.3) is 0 Å². The third-order valence-electron chi connectivity index (χ3n) is 2.62. The zero-order chi connectivity index (χ0) is 9.52. The molecule has 0 radical (unpaired) electrons. The van der Waals surface area contributed by atoms with Crippen molar-refractivity contribution in [1.29, 1.82) is 0 Å². The molecule has 0 aromatic rings. The van der Waals surface area contributed by atoms with Crippen LogP contribution in [0.4, 0.5) is 0 Å². The standard InChI is InChI=1S/C11H22S2/c1-3-4-5-8-11-9-6-7-10(2)12-13-11/h10-11H,3-9H2,1-2H3. The highest BCUT2D eigenvalue weighted by Crippen LogP contribution is 2.40. The van der Waals surface area contributed by atoms with Crippen LogP contribution in [0.2, 0.25) is 0 Å². The van der Waals surface area contributed by atoms with Crippen molar-refractivity contribution < 1.29 is 0 Å². The maximum absolute atomic E-state index is 2.37. The summed E-state index contributed by atoms with van der Waals surface area (Å²) in [6.45, 7) is 4.66. The molecule has 1 aliphatic rings. The van der Waals surface area contributed by atoms with E-state index in [1.54, 1.807) is 0 Å². The number of hydrogen-bond acceptors (Lipinski definition) is 2. The average molecular weight is 218 g/mol. The summed E-state index contributed by atoms with van der Waals surface area (Å²) < 4.78 is 0. The van der Waals surface area contributed by atoms with Gasteiger partial charge in [-0.1, -0.05) is 61.1 Å². The molecule has 0 amide bonds. The van der Waals surface area contributed by atoms with Gasteiger partial charge >= 0.3 is 0 Å². The molecular weight excluding hydrogens is 196 g/mol. The van der Waals surface area contributed by atoms with Crippen molar-refractivity contribution >= 4 is 21.6 Å². The summed E-state index contributed by atoms with van der Waals surface area (Å²) in [5.74, 6) is 0. The fourth-order valence-electron chi connectivity index (χ4n) is 1.72.